The molecule has 2 N–H and O–H groups in total. The van der Waals surface area contributed by atoms with E-state index in [0.29, 0.717) is 0 Å². The van der Waals surface area contributed by atoms with E-state index in [1.54, 1.807) is 20.8 Å². The quantitative estimate of drug-likeness (QED) is 0.582. The van der Waals surface area contributed by atoms with Gasteiger partial charge in [-0.25, -0.2) is 4.79 Å². The number of alkyl carbamates (subject to hydrolysis) is 1. The Morgan fingerprint density at radius 2 is 2.21 bits per heavy atom. The van der Waals surface area contributed by atoms with Gasteiger partial charge in [0.15, 0.2) is 0 Å². The fraction of sp³-hybridized carbons (Fsp3) is 0.875. The maximum atomic E-state index is 11.1. The van der Waals surface area contributed by atoms with E-state index in [1.165, 1.54) is 0 Å². The van der Waals surface area contributed by atoms with Crippen LogP contribution in [0.1, 0.15) is 20.8 Å². The number of rotatable bonds is 4. The molecular weight excluding hydrogens is 226 g/mol. The predicted molar refractivity (Wildman–Crippen MR) is 58.6 cm³/mol. The number of ether oxygens (including phenoxy) is 1. The third-order valence-corrected chi connectivity index (χ3v) is 2.36. The van der Waals surface area contributed by atoms with Crippen molar-refractivity contribution in [2.24, 2.45) is 0 Å². The first-order valence-electron chi connectivity index (χ1n) is 4.17. The standard InChI is InChI=1S/C8H16ClNO3S/c1-8(2,3)13-7(12)10-5-14-6(11)4-9/h6,11H,4-5H2,1-3H3,(H,10,12)/t6-/m0/s1. The monoisotopic (exact) mass is 241 g/mol. The molecule has 4 nitrogen and oxygen atoms in total. The Morgan fingerprint density at radius 3 is 2.64 bits per heavy atom. The van der Waals surface area contributed by atoms with Crippen molar-refractivity contribution in [2.75, 3.05) is 11.8 Å². The molecule has 1 amide bonds. The van der Waals surface area contributed by atoms with Crippen molar-refractivity contribution in [2.45, 2.75) is 31.8 Å². The van der Waals surface area contributed by atoms with Crippen LogP contribution in [0.4, 0.5) is 4.79 Å². The van der Waals surface area contributed by atoms with Crippen molar-refractivity contribution < 1.29 is 14.6 Å². The molecule has 0 aromatic carbocycles. The molecule has 0 aliphatic rings. The molecule has 0 unspecified atom stereocenters. The number of aliphatic hydroxyl groups excluding tert-OH is 1. The lowest BCUT2D eigenvalue weighted by atomic mass is 10.2. The Balaban J connectivity index is 3.55. The van der Waals surface area contributed by atoms with Crippen LogP contribution in [-0.4, -0.2) is 34.0 Å². The van der Waals surface area contributed by atoms with Crippen molar-refractivity contribution in [1.82, 2.24) is 5.32 Å². The molecule has 1 atom stereocenters. The SMILES string of the molecule is CC(C)(C)OC(=O)NCS[C@H](O)CCl. The zero-order valence-corrected chi connectivity index (χ0v) is 10.1. The van der Waals surface area contributed by atoms with Gasteiger partial charge < -0.3 is 15.2 Å². The normalized spacial score (nSPS) is 13.5. The highest BCUT2D eigenvalue weighted by atomic mass is 35.5. The summed E-state index contributed by atoms with van der Waals surface area (Å²) in [5.41, 5.74) is -1.16. The highest BCUT2D eigenvalue weighted by Crippen LogP contribution is 2.09. The van der Waals surface area contributed by atoms with E-state index in [9.17, 15) is 4.79 Å². The number of carbonyl (C=O) groups excluding carboxylic acids is 1. The molecule has 0 aromatic rings. The second kappa shape index (κ2) is 6.37. The highest BCUT2D eigenvalue weighted by molar-refractivity contribution is 7.99. The number of amides is 1. The van der Waals surface area contributed by atoms with Gasteiger partial charge in [0.2, 0.25) is 0 Å². The number of thioether (sulfide) groups is 1. The molecule has 0 aliphatic carbocycles. The summed E-state index contributed by atoms with van der Waals surface area (Å²) in [5, 5.41) is 11.5. The third-order valence-electron chi connectivity index (χ3n) is 1.02. The van der Waals surface area contributed by atoms with Gasteiger partial charge in [-0.1, -0.05) is 0 Å². The maximum absolute atomic E-state index is 11.1. The van der Waals surface area contributed by atoms with E-state index in [2.05, 4.69) is 5.32 Å². The summed E-state index contributed by atoms with van der Waals surface area (Å²) in [6.45, 7) is 5.36. The highest BCUT2D eigenvalue weighted by Gasteiger charge is 2.15. The summed E-state index contributed by atoms with van der Waals surface area (Å²) < 4.78 is 4.98. The molecule has 0 aromatic heterocycles. The van der Waals surface area contributed by atoms with Crippen LogP contribution >= 0.6 is 23.4 Å². The van der Waals surface area contributed by atoms with Gasteiger partial charge in [-0.05, 0) is 20.8 Å². The molecule has 0 rings (SSSR count). The fourth-order valence-electron chi connectivity index (χ4n) is 0.556. The molecule has 0 aliphatic heterocycles. The van der Waals surface area contributed by atoms with E-state index in [1.807, 2.05) is 0 Å². The number of alkyl halides is 1. The zero-order valence-electron chi connectivity index (χ0n) is 8.54. The molecule has 84 valence electrons. The molecule has 0 bridgehead atoms. The third kappa shape index (κ3) is 8.47. The minimum atomic E-state index is -0.661. The number of hydrogen-bond acceptors (Lipinski definition) is 4. The van der Waals surface area contributed by atoms with Crippen molar-refractivity contribution in [3.8, 4) is 0 Å². The van der Waals surface area contributed by atoms with E-state index in [0.717, 1.165) is 11.8 Å². The lowest BCUT2D eigenvalue weighted by Crippen LogP contribution is -2.32. The number of nitrogens with one attached hydrogen (secondary N) is 1. The van der Waals surface area contributed by atoms with Crippen molar-refractivity contribution in [1.29, 1.82) is 0 Å². The fourth-order valence-corrected chi connectivity index (χ4v) is 1.31. The molecular formula is C8H16ClNO3S. The summed E-state index contributed by atoms with van der Waals surface area (Å²) in [5.74, 6) is 0.420. The van der Waals surface area contributed by atoms with Gasteiger partial charge >= 0.3 is 6.09 Å². The van der Waals surface area contributed by atoms with Gasteiger partial charge in [0, 0.05) is 0 Å². The Bertz CT molecular complexity index is 184. The van der Waals surface area contributed by atoms with Crippen LogP contribution in [-0.2, 0) is 4.74 Å². The van der Waals surface area contributed by atoms with Crippen molar-refractivity contribution in [3.05, 3.63) is 0 Å². The largest absolute Gasteiger partial charge is 0.444 e. The van der Waals surface area contributed by atoms with Crippen LogP contribution in [0.15, 0.2) is 0 Å². The Morgan fingerprint density at radius 1 is 1.64 bits per heavy atom. The molecule has 0 saturated heterocycles. The Kier molecular flexibility index (Phi) is 6.31. The van der Waals surface area contributed by atoms with Crippen LogP contribution in [0.5, 0.6) is 0 Å². The maximum Gasteiger partial charge on any atom is 0.408 e. The first kappa shape index (κ1) is 13.9. The van der Waals surface area contributed by atoms with Crippen LogP contribution in [0, 0.1) is 0 Å². The molecule has 14 heavy (non-hydrogen) atoms. The second-order valence-electron chi connectivity index (χ2n) is 3.60. The van der Waals surface area contributed by atoms with Gasteiger partial charge in [0.1, 0.15) is 11.0 Å². The molecule has 0 heterocycles. The van der Waals surface area contributed by atoms with E-state index >= 15 is 0 Å². The topological polar surface area (TPSA) is 58.6 Å². The molecule has 0 saturated carbocycles. The van der Waals surface area contributed by atoms with Gasteiger partial charge in [-0.2, -0.15) is 0 Å². The van der Waals surface area contributed by atoms with Crippen LogP contribution in [0.2, 0.25) is 0 Å². The number of carbonyl (C=O) groups is 1. The number of halogens is 1. The second-order valence-corrected chi connectivity index (χ2v) is 5.07. The average molecular weight is 242 g/mol. The zero-order chi connectivity index (χ0) is 11.2. The van der Waals surface area contributed by atoms with E-state index < -0.39 is 17.1 Å². The summed E-state index contributed by atoms with van der Waals surface area (Å²) in [6, 6.07) is 0. The smallest absolute Gasteiger partial charge is 0.408 e. The average Bonchev–Trinajstić information content (AvgIpc) is 2.00. The molecule has 0 fully saturated rings. The molecule has 0 spiro atoms. The summed E-state index contributed by atoms with van der Waals surface area (Å²) in [7, 11) is 0. The molecule has 0 radical (unpaired) electrons. The van der Waals surface area contributed by atoms with E-state index in [4.69, 9.17) is 21.4 Å². The Labute approximate surface area is 93.3 Å². The Hall–Kier alpha value is -0.130. The van der Waals surface area contributed by atoms with Crippen molar-refractivity contribution >= 4 is 29.5 Å². The number of aliphatic hydroxyl groups is 1. The summed E-state index contributed by atoms with van der Waals surface area (Å²) in [4.78, 5) is 11.1. The van der Waals surface area contributed by atoms with Crippen LogP contribution in [0.25, 0.3) is 0 Å². The number of hydrogen-bond donors (Lipinski definition) is 2. The molecule has 6 heteroatoms. The predicted octanol–water partition coefficient (Wildman–Crippen LogP) is 1.76. The van der Waals surface area contributed by atoms with Gasteiger partial charge in [0.05, 0.1) is 11.8 Å². The first-order valence-corrected chi connectivity index (χ1v) is 5.76. The van der Waals surface area contributed by atoms with E-state index in [-0.39, 0.29) is 11.8 Å². The first-order chi connectivity index (χ1) is 6.35. The lowest BCUT2D eigenvalue weighted by molar-refractivity contribution is 0.0538. The minimum Gasteiger partial charge on any atom is -0.444 e. The van der Waals surface area contributed by atoms with Gasteiger partial charge in [0.25, 0.3) is 0 Å². The van der Waals surface area contributed by atoms with Gasteiger partial charge in [-0.15, -0.1) is 23.4 Å². The van der Waals surface area contributed by atoms with Gasteiger partial charge in [-0.3, -0.25) is 0 Å². The summed E-state index contributed by atoms with van der Waals surface area (Å²) >= 11 is 6.50. The summed E-state index contributed by atoms with van der Waals surface area (Å²) in [6.07, 6.45) is -0.494. The van der Waals surface area contributed by atoms with Crippen LogP contribution in [0.3, 0.4) is 0 Å². The van der Waals surface area contributed by atoms with Crippen LogP contribution < -0.4 is 5.32 Å². The minimum absolute atomic E-state index is 0.140. The lowest BCUT2D eigenvalue weighted by Gasteiger charge is -2.19. The van der Waals surface area contributed by atoms with Crippen molar-refractivity contribution in [3.63, 3.8) is 0 Å².